The molecule has 3 aromatic rings. The lowest BCUT2D eigenvalue weighted by Gasteiger charge is -2.30. The topological polar surface area (TPSA) is 86.4 Å². The van der Waals surface area contributed by atoms with Gasteiger partial charge in [-0.3, -0.25) is 4.79 Å². The third-order valence-electron chi connectivity index (χ3n) is 6.70. The highest BCUT2D eigenvalue weighted by Crippen LogP contribution is 2.34. The van der Waals surface area contributed by atoms with Crippen molar-refractivity contribution < 1.29 is 34.0 Å². The normalized spacial score (nSPS) is 15.2. The minimum atomic E-state index is -4.10. The van der Waals surface area contributed by atoms with E-state index in [4.69, 9.17) is 4.74 Å². The lowest BCUT2D eigenvalue weighted by molar-refractivity contribution is -0.360. The zero-order valence-electron chi connectivity index (χ0n) is 22.6. The Balaban J connectivity index is 0.00000387. The predicted molar refractivity (Wildman–Crippen MR) is 152 cm³/mol. The number of aliphatic carboxylic acids is 1. The van der Waals surface area contributed by atoms with Crippen molar-refractivity contribution in [2.24, 2.45) is 0 Å². The summed E-state index contributed by atoms with van der Waals surface area (Å²) >= 11 is 1.43. The summed E-state index contributed by atoms with van der Waals surface area (Å²) in [5, 5.41) is 15.0. The Labute approximate surface area is 236 Å². The molecule has 0 radical (unpaired) electrons. The third-order valence-corrected chi connectivity index (χ3v) is 7.59. The number of nitrogens with zero attached hydrogens (tertiary/aromatic N) is 2. The minimum absolute atomic E-state index is 0. The van der Waals surface area contributed by atoms with Crippen LogP contribution in [0.1, 0.15) is 48.9 Å². The highest BCUT2D eigenvalue weighted by molar-refractivity contribution is 7.12. The molecule has 4 heterocycles. The molecule has 0 saturated heterocycles. The lowest BCUT2D eigenvalue weighted by atomic mass is 9.90. The van der Waals surface area contributed by atoms with Crippen molar-refractivity contribution in [3.05, 3.63) is 93.6 Å². The molecule has 206 valence electrons. The number of hydrogen-bond acceptors (Lipinski definition) is 5. The number of fused-ring (bicyclic) bond motifs is 2. The van der Waals surface area contributed by atoms with Gasteiger partial charge in [0.25, 0.3) is 5.91 Å². The molecule has 2 aliphatic rings. The maximum Gasteiger partial charge on any atom is 1.00 e. The molecular formula is C29H28BF2N3O4S. The number of unbranched alkanes of at least 4 members (excludes halogenated alkanes) is 2. The number of carbonyl (C=O) groups excluding carboxylic acids is 2. The van der Waals surface area contributed by atoms with Crippen molar-refractivity contribution >= 4 is 54.1 Å². The second-order valence-electron chi connectivity index (χ2n) is 9.50. The zero-order valence-corrected chi connectivity index (χ0v) is 22.4. The molecule has 0 bridgehead atoms. The Morgan fingerprint density at radius 3 is 2.65 bits per heavy atom. The van der Waals surface area contributed by atoms with Crippen LogP contribution in [0.5, 0.6) is 5.75 Å². The number of carboxylic acid groups (broad SMARTS) is 1. The number of carboxylic acids is 1. The standard InChI is InChI=1S/C29H28BF2N3O4S/c31-30(32)34-22(11-12-23(34)19-24-13-16-26(35(24)30)27-5-4-18-40-27)10-7-21-8-14-25(15-9-21)39-20-28(36)33-17-3-1-2-6-29(37)38/h4-5,7-16,18-19H,1-3,6,17,20H2,(H,33,36)(H,37,38)/b10-7+. The van der Waals surface area contributed by atoms with Crippen LogP contribution in [-0.4, -0.2) is 46.7 Å². The SMILES string of the molecule is O=C([O-])CCCCCNC(=O)COc1ccc(/C=C/c2ccc3n2[B-](F)(F)[N+]2=C(c4cccs4)C=CC2=C3)cc1.[H+]. The van der Waals surface area contributed by atoms with Crippen molar-refractivity contribution in [3.8, 4) is 5.75 Å². The van der Waals surface area contributed by atoms with E-state index < -0.39 is 12.9 Å². The van der Waals surface area contributed by atoms with Crippen molar-refractivity contribution in [2.45, 2.75) is 25.7 Å². The largest absolute Gasteiger partial charge is 1.00 e. The fraction of sp³-hybridized carbons (Fsp3) is 0.207. The molecule has 1 N–H and O–H groups in total. The van der Waals surface area contributed by atoms with E-state index in [0.717, 1.165) is 19.4 Å². The van der Waals surface area contributed by atoms with Crippen molar-refractivity contribution in [1.29, 1.82) is 0 Å². The van der Waals surface area contributed by atoms with E-state index in [1.54, 1.807) is 66.8 Å². The third kappa shape index (κ3) is 5.99. The van der Waals surface area contributed by atoms with Gasteiger partial charge in [-0.15, -0.1) is 11.3 Å². The predicted octanol–water partition coefficient (Wildman–Crippen LogP) is 4.29. The summed E-state index contributed by atoms with van der Waals surface area (Å²) in [5.74, 6) is -0.829. The van der Waals surface area contributed by atoms with Gasteiger partial charge in [0.1, 0.15) is 5.75 Å². The van der Waals surface area contributed by atoms with E-state index in [0.29, 0.717) is 54.4 Å². The summed E-state index contributed by atoms with van der Waals surface area (Å²) in [6.07, 6.45) is 10.6. The van der Waals surface area contributed by atoms with Crippen LogP contribution in [0.25, 0.3) is 18.2 Å². The van der Waals surface area contributed by atoms with Gasteiger partial charge in [0.05, 0.1) is 4.88 Å². The van der Waals surface area contributed by atoms with E-state index >= 15 is 8.63 Å². The molecule has 0 atom stereocenters. The summed E-state index contributed by atoms with van der Waals surface area (Å²) < 4.78 is 39.6. The Morgan fingerprint density at radius 2 is 1.90 bits per heavy atom. The Bertz CT molecular complexity index is 1530. The Morgan fingerprint density at radius 1 is 1.07 bits per heavy atom. The fourth-order valence-electron chi connectivity index (χ4n) is 4.77. The van der Waals surface area contributed by atoms with Crippen LogP contribution >= 0.6 is 11.3 Å². The first-order chi connectivity index (χ1) is 19.3. The summed E-state index contributed by atoms with van der Waals surface area (Å²) in [5.41, 5.74) is 2.61. The van der Waals surface area contributed by atoms with Gasteiger partial charge in [0, 0.05) is 42.1 Å². The maximum atomic E-state index is 15.9. The average molecular weight is 563 g/mol. The number of hydrogen-bond donors (Lipinski definition) is 1. The molecule has 0 saturated carbocycles. The number of amides is 1. The molecule has 1 aromatic carbocycles. The molecule has 7 nitrogen and oxygen atoms in total. The van der Waals surface area contributed by atoms with Gasteiger partial charge in [0.15, 0.2) is 18.0 Å². The molecule has 1 amide bonds. The molecule has 40 heavy (non-hydrogen) atoms. The molecular weight excluding hydrogens is 535 g/mol. The first kappa shape index (κ1) is 27.3. The van der Waals surface area contributed by atoms with Crippen LogP contribution in [-0.2, 0) is 9.59 Å². The molecule has 0 unspecified atom stereocenters. The first-order valence-electron chi connectivity index (χ1n) is 13.0. The van der Waals surface area contributed by atoms with E-state index in [1.807, 2.05) is 17.5 Å². The molecule has 0 aliphatic carbocycles. The van der Waals surface area contributed by atoms with Crippen molar-refractivity contribution in [3.63, 3.8) is 0 Å². The number of benzene rings is 1. The lowest BCUT2D eigenvalue weighted by Crippen LogP contribution is -2.50. The number of nitrogens with one attached hydrogen (secondary N) is 1. The second-order valence-corrected chi connectivity index (χ2v) is 10.4. The van der Waals surface area contributed by atoms with Crippen LogP contribution in [0.4, 0.5) is 8.63 Å². The molecule has 0 fully saturated rings. The van der Waals surface area contributed by atoms with Crippen molar-refractivity contribution in [2.75, 3.05) is 13.2 Å². The Kier molecular flexibility index (Phi) is 8.11. The molecule has 11 heteroatoms. The first-order valence-corrected chi connectivity index (χ1v) is 13.9. The van der Waals surface area contributed by atoms with Crippen LogP contribution in [0.2, 0.25) is 0 Å². The minimum Gasteiger partial charge on any atom is -0.550 e. The molecule has 5 rings (SSSR count). The summed E-state index contributed by atoms with van der Waals surface area (Å²) in [6.45, 7) is -3.80. The van der Waals surface area contributed by atoms with Crippen LogP contribution in [0, 0.1) is 0 Å². The number of carbonyl (C=O) groups is 2. The van der Waals surface area contributed by atoms with Crippen LogP contribution in [0.15, 0.2) is 71.8 Å². The smallest absolute Gasteiger partial charge is 0.550 e. The van der Waals surface area contributed by atoms with E-state index in [-0.39, 0.29) is 20.4 Å². The van der Waals surface area contributed by atoms with Gasteiger partial charge in [0.2, 0.25) is 0 Å². The Hall–Kier alpha value is -4.25. The number of aromatic nitrogens is 1. The number of rotatable bonds is 12. The quantitative estimate of drug-likeness (QED) is 0.263. The van der Waals surface area contributed by atoms with Gasteiger partial charge < -0.3 is 37.6 Å². The summed E-state index contributed by atoms with van der Waals surface area (Å²) in [7, 11) is 0. The molecule has 0 spiro atoms. The van der Waals surface area contributed by atoms with Gasteiger partial charge in [-0.25, -0.2) is 0 Å². The zero-order chi connectivity index (χ0) is 28.1. The average Bonchev–Trinajstić information content (AvgIpc) is 3.69. The van der Waals surface area contributed by atoms with E-state index in [9.17, 15) is 14.7 Å². The van der Waals surface area contributed by atoms with Crippen molar-refractivity contribution in [1.82, 2.24) is 9.79 Å². The second kappa shape index (κ2) is 11.9. The summed E-state index contributed by atoms with van der Waals surface area (Å²) in [4.78, 5) is 23.1. The number of allylic oxidation sites excluding steroid dienone is 2. The number of thiophene rings is 1. The van der Waals surface area contributed by atoms with E-state index in [2.05, 4.69) is 5.32 Å². The molecule has 2 aliphatic heterocycles. The van der Waals surface area contributed by atoms with Crippen LogP contribution in [0.3, 0.4) is 0 Å². The maximum absolute atomic E-state index is 15.9. The fourth-order valence-corrected chi connectivity index (χ4v) is 5.52. The highest BCUT2D eigenvalue weighted by Gasteiger charge is 2.52. The molecule has 2 aromatic heterocycles. The van der Waals surface area contributed by atoms with Gasteiger partial charge in [-0.05, 0) is 66.6 Å². The van der Waals surface area contributed by atoms with Gasteiger partial charge in [-0.2, -0.15) is 0 Å². The number of ether oxygens (including phenoxy) is 1. The number of halogens is 2. The highest BCUT2D eigenvalue weighted by atomic mass is 32.1. The van der Waals surface area contributed by atoms with Gasteiger partial charge in [-0.1, -0.05) is 30.7 Å². The van der Waals surface area contributed by atoms with E-state index in [1.165, 1.54) is 11.3 Å². The summed E-state index contributed by atoms with van der Waals surface area (Å²) in [6, 6.07) is 14.1. The monoisotopic (exact) mass is 563 g/mol. The van der Waals surface area contributed by atoms with Crippen LogP contribution < -0.4 is 15.2 Å². The van der Waals surface area contributed by atoms with Gasteiger partial charge >= 0.3 is 8.40 Å².